The number of nitrogen functional groups attached to an aromatic ring is 1. The Kier molecular flexibility index (Phi) is 3.90. The Morgan fingerprint density at radius 2 is 2.35 bits per heavy atom. The largest absolute Gasteiger partial charge is 0.462 e. The molecule has 2 N–H and O–H groups in total. The highest BCUT2D eigenvalue weighted by Gasteiger charge is 2.15. The second-order valence-electron chi connectivity index (χ2n) is 3.19. The fraction of sp³-hybridized carbons (Fsp3) is 0.200. The first-order chi connectivity index (χ1) is 7.63. The van der Waals surface area contributed by atoms with Crippen LogP contribution in [0.5, 0.6) is 0 Å². The number of hydrogen-bond acceptors (Lipinski definition) is 4. The number of esters is 1. The van der Waals surface area contributed by atoms with Crippen LogP contribution in [0.1, 0.15) is 17.3 Å². The molecular weight excluding hydrogens is 249 g/mol. The van der Waals surface area contributed by atoms with Crippen LogP contribution in [0.15, 0.2) is 18.5 Å². The molecule has 2 heterocycles. The average molecular weight is 260 g/mol. The molecule has 2 aromatic rings. The van der Waals surface area contributed by atoms with Gasteiger partial charge in [-0.1, -0.05) is 0 Å². The van der Waals surface area contributed by atoms with Crippen LogP contribution >= 0.6 is 12.4 Å². The zero-order chi connectivity index (χ0) is 11.7. The lowest BCUT2D eigenvalue weighted by Gasteiger charge is -2.01. The fourth-order valence-corrected chi connectivity index (χ4v) is 1.38. The molecular formula is C10H11ClFN3O2. The summed E-state index contributed by atoms with van der Waals surface area (Å²) < 4.78 is 19.2. The van der Waals surface area contributed by atoms with E-state index in [4.69, 9.17) is 10.5 Å². The molecule has 0 fully saturated rings. The summed E-state index contributed by atoms with van der Waals surface area (Å²) in [5.41, 5.74) is 6.09. The number of ether oxygens (including phenoxy) is 1. The molecule has 2 aromatic heterocycles. The predicted octanol–water partition coefficient (Wildman–Crippen LogP) is 1.65. The predicted molar refractivity (Wildman–Crippen MR) is 62.8 cm³/mol. The molecule has 5 nitrogen and oxygen atoms in total. The van der Waals surface area contributed by atoms with Gasteiger partial charge in [-0.05, 0) is 13.0 Å². The topological polar surface area (TPSA) is 69.6 Å². The number of halogens is 2. The standard InChI is InChI=1S/C10H10FN3O2.ClH/c1-2-16-10(15)6-4-13-14-5-7(11)8(12)3-9(6)14;/h3-5H,2,12H2,1H3;1H. The molecule has 0 aliphatic rings. The lowest BCUT2D eigenvalue weighted by atomic mass is 10.2. The zero-order valence-electron chi connectivity index (χ0n) is 9.01. The molecule has 0 amide bonds. The van der Waals surface area contributed by atoms with Crippen molar-refractivity contribution in [1.82, 2.24) is 9.61 Å². The Morgan fingerprint density at radius 1 is 1.65 bits per heavy atom. The van der Waals surface area contributed by atoms with Crippen molar-refractivity contribution in [3.05, 3.63) is 29.8 Å². The van der Waals surface area contributed by atoms with Gasteiger partial charge in [0, 0.05) is 0 Å². The number of nitrogens with zero attached hydrogens (tertiary/aromatic N) is 2. The first kappa shape index (κ1) is 13.2. The molecule has 0 radical (unpaired) electrons. The highest BCUT2D eigenvalue weighted by atomic mass is 35.5. The first-order valence-corrected chi connectivity index (χ1v) is 4.73. The van der Waals surface area contributed by atoms with Crippen LogP contribution < -0.4 is 5.73 Å². The van der Waals surface area contributed by atoms with Crippen molar-refractivity contribution in [3.8, 4) is 0 Å². The highest BCUT2D eigenvalue weighted by Crippen LogP contribution is 2.17. The van der Waals surface area contributed by atoms with Crippen LogP contribution in [-0.4, -0.2) is 22.2 Å². The Morgan fingerprint density at radius 3 is 3.00 bits per heavy atom. The van der Waals surface area contributed by atoms with Gasteiger partial charge in [-0.2, -0.15) is 5.10 Å². The van der Waals surface area contributed by atoms with Crippen LogP contribution in [0.4, 0.5) is 10.1 Å². The van der Waals surface area contributed by atoms with Gasteiger partial charge >= 0.3 is 5.97 Å². The number of anilines is 1. The number of nitrogens with two attached hydrogens (primary N) is 1. The van der Waals surface area contributed by atoms with Crippen LogP contribution in [0.2, 0.25) is 0 Å². The Balaban J connectivity index is 0.00000144. The van der Waals surface area contributed by atoms with Gasteiger partial charge in [-0.3, -0.25) is 0 Å². The molecule has 92 valence electrons. The molecule has 2 rings (SSSR count). The van der Waals surface area contributed by atoms with E-state index < -0.39 is 11.8 Å². The van der Waals surface area contributed by atoms with Crippen LogP contribution in [0.3, 0.4) is 0 Å². The Hall–Kier alpha value is -1.82. The van der Waals surface area contributed by atoms with Crippen LogP contribution in [0.25, 0.3) is 5.52 Å². The maximum atomic E-state index is 13.1. The van der Waals surface area contributed by atoms with Gasteiger partial charge in [0.1, 0.15) is 5.56 Å². The summed E-state index contributed by atoms with van der Waals surface area (Å²) in [5.74, 6) is -1.07. The number of carbonyl (C=O) groups is 1. The summed E-state index contributed by atoms with van der Waals surface area (Å²) in [7, 11) is 0. The van der Waals surface area contributed by atoms with Crippen molar-refractivity contribution in [3.63, 3.8) is 0 Å². The van der Waals surface area contributed by atoms with Crippen molar-refractivity contribution in [2.45, 2.75) is 6.92 Å². The third-order valence-corrected chi connectivity index (χ3v) is 2.13. The molecule has 0 aromatic carbocycles. The monoisotopic (exact) mass is 259 g/mol. The highest BCUT2D eigenvalue weighted by molar-refractivity contribution is 5.97. The minimum atomic E-state index is -0.578. The van der Waals surface area contributed by atoms with Crippen molar-refractivity contribution in [1.29, 1.82) is 0 Å². The Bertz CT molecular complexity index is 556. The van der Waals surface area contributed by atoms with Gasteiger partial charge in [0.05, 0.1) is 30.2 Å². The number of rotatable bonds is 2. The van der Waals surface area contributed by atoms with E-state index in [1.54, 1.807) is 6.92 Å². The molecule has 0 aliphatic heterocycles. The van der Waals surface area contributed by atoms with Crippen molar-refractivity contribution in [2.24, 2.45) is 0 Å². The third-order valence-electron chi connectivity index (χ3n) is 2.13. The summed E-state index contributed by atoms with van der Waals surface area (Å²) in [6.45, 7) is 1.98. The minimum absolute atomic E-state index is 0. The molecule has 0 saturated carbocycles. The lowest BCUT2D eigenvalue weighted by Crippen LogP contribution is -2.04. The van der Waals surface area contributed by atoms with Crippen LogP contribution in [0, 0.1) is 5.82 Å². The van der Waals surface area contributed by atoms with E-state index >= 15 is 0 Å². The molecule has 0 atom stereocenters. The minimum Gasteiger partial charge on any atom is -0.462 e. The normalized spacial score (nSPS) is 10.0. The van der Waals surface area contributed by atoms with Gasteiger partial charge in [-0.25, -0.2) is 13.7 Å². The van der Waals surface area contributed by atoms with Crippen molar-refractivity contribution in [2.75, 3.05) is 12.3 Å². The Labute approximate surface area is 103 Å². The molecule has 7 heteroatoms. The van der Waals surface area contributed by atoms with Crippen LogP contribution in [-0.2, 0) is 4.74 Å². The molecule has 17 heavy (non-hydrogen) atoms. The summed E-state index contributed by atoms with van der Waals surface area (Å²) in [4.78, 5) is 11.5. The summed E-state index contributed by atoms with van der Waals surface area (Å²) in [6.07, 6.45) is 2.44. The van der Waals surface area contributed by atoms with E-state index in [1.165, 1.54) is 16.8 Å². The van der Waals surface area contributed by atoms with E-state index in [0.29, 0.717) is 5.52 Å². The summed E-state index contributed by atoms with van der Waals surface area (Å²) in [6, 6.07) is 1.36. The number of pyridine rings is 1. The SMILES string of the molecule is CCOC(=O)c1cnn2cc(F)c(N)cc12.Cl. The maximum Gasteiger partial charge on any atom is 0.341 e. The van der Waals surface area contributed by atoms with Gasteiger partial charge in [0.25, 0.3) is 0 Å². The van der Waals surface area contributed by atoms with Crippen molar-refractivity contribution < 1.29 is 13.9 Å². The second kappa shape index (κ2) is 5.01. The molecule has 0 unspecified atom stereocenters. The van der Waals surface area contributed by atoms with E-state index in [9.17, 15) is 9.18 Å². The summed E-state index contributed by atoms with van der Waals surface area (Å²) in [5, 5.41) is 3.84. The third kappa shape index (κ3) is 2.31. The van der Waals surface area contributed by atoms with Crippen molar-refractivity contribution >= 4 is 29.6 Å². The number of aromatic nitrogens is 2. The average Bonchev–Trinajstić information content (AvgIpc) is 2.62. The molecule has 0 aliphatic carbocycles. The number of carbonyl (C=O) groups excluding carboxylic acids is 1. The van der Waals surface area contributed by atoms with Gasteiger partial charge in [0.2, 0.25) is 0 Å². The molecule has 0 spiro atoms. The van der Waals surface area contributed by atoms with Gasteiger partial charge in [0.15, 0.2) is 5.82 Å². The van der Waals surface area contributed by atoms with Gasteiger partial charge in [-0.15, -0.1) is 12.4 Å². The number of hydrogen-bond donors (Lipinski definition) is 1. The van der Waals surface area contributed by atoms with E-state index in [1.807, 2.05) is 0 Å². The summed E-state index contributed by atoms with van der Waals surface area (Å²) >= 11 is 0. The number of fused-ring (bicyclic) bond motifs is 1. The molecule has 0 bridgehead atoms. The van der Waals surface area contributed by atoms with Gasteiger partial charge < -0.3 is 10.5 Å². The molecule has 0 saturated heterocycles. The van der Waals surface area contributed by atoms with E-state index in [0.717, 1.165) is 6.20 Å². The zero-order valence-corrected chi connectivity index (χ0v) is 9.83. The first-order valence-electron chi connectivity index (χ1n) is 4.73. The fourth-order valence-electron chi connectivity index (χ4n) is 1.38. The smallest absolute Gasteiger partial charge is 0.341 e. The van der Waals surface area contributed by atoms with E-state index in [-0.39, 0.29) is 30.3 Å². The maximum absolute atomic E-state index is 13.1. The second-order valence-corrected chi connectivity index (χ2v) is 3.19. The quantitative estimate of drug-likeness (QED) is 0.833. The lowest BCUT2D eigenvalue weighted by molar-refractivity contribution is 0.0528. The van der Waals surface area contributed by atoms with E-state index in [2.05, 4.69) is 5.10 Å².